The summed E-state index contributed by atoms with van der Waals surface area (Å²) < 4.78 is 18.5. The lowest BCUT2D eigenvalue weighted by molar-refractivity contribution is -0.138. The molecule has 1 aromatic heterocycles. The predicted molar refractivity (Wildman–Crippen MR) is 129 cm³/mol. The highest BCUT2D eigenvalue weighted by molar-refractivity contribution is 6.35. The molecule has 10 heteroatoms. The van der Waals surface area contributed by atoms with Gasteiger partial charge in [-0.25, -0.2) is 9.48 Å². The summed E-state index contributed by atoms with van der Waals surface area (Å²) in [6.45, 7) is 5.71. The summed E-state index contributed by atoms with van der Waals surface area (Å²) in [7, 11) is 1.55. The summed E-state index contributed by atoms with van der Waals surface area (Å²) in [4.78, 5) is 17.1. The number of hydrogen-bond acceptors (Lipinski definition) is 7. The van der Waals surface area contributed by atoms with E-state index in [4.69, 9.17) is 37.4 Å². The molecule has 0 radical (unpaired) electrons. The molecule has 1 unspecified atom stereocenters. The molecule has 0 fully saturated rings. The maximum Gasteiger partial charge on any atom is 0.338 e. The first-order valence-electron chi connectivity index (χ1n) is 10.3. The van der Waals surface area contributed by atoms with Crippen LogP contribution >= 0.6 is 23.2 Å². The molecule has 2 aromatic carbocycles. The Kier molecular flexibility index (Phi) is 7.09. The summed E-state index contributed by atoms with van der Waals surface area (Å²) in [5, 5.41) is 8.48. The normalized spacial score (nSPS) is 14.8. The summed E-state index contributed by atoms with van der Waals surface area (Å²) in [5.74, 6) is 1.04. The average Bonchev–Trinajstić information content (AvgIpc) is 3.29. The van der Waals surface area contributed by atoms with Crippen molar-refractivity contribution < 1.29 is 19.0 Å². The number of carbonyl (C=O) groups is 1. The monoisotopic (exact) mass is 500 g/mol. The Morgan fingerprint density at radius 3 is 2.79 bits per heavy atom. The molecule has 0 aliphatic carbocycles. The molecule has 2 heterocycles. The molecule has 1 aliphatic rings. The van der Waals surface area contributed by atoms with E-state index >= 15 is 0 Å². The van der Waals surface area contributed by atoms with Gasteiger partial charge in [0.2, 0.25) is 5.95 Å². The number of ether oxygens (including phenoxy) is 3. The SMILES string of the molecule is C=CCOC(=O)C1=C(C)Nc2ncnn2C1c1ccc(OCc2ccc(Cl)cc2Cl)c(OC)c1. The van der Waals surface area contributed by atoms with Gasteiger partial charge in [0.15, 0.2) is 11.5 Å². The van der Waals surface area contributed by atoms with Crippen molar-refractivity contribution in [2.24, 2.45) is 0 Å². The van der Waals surface area contributed by atoms with Gasteiger partial charge in [-0.1, -0.05) is 48.0 Å². The third-order valence-corrected chi connectivity index (χ3v) is 5.84. The Hall–Kier alpha value is -3.49. The summed E-state index contributed by atoms with van der Waals surface area (Å²) in [6, 6.07) is 10.1. The largest absolute Gasteiger partial charge is 0.493 e. The van der Waals surface area contributed by atoms with Gasteiger partial charge in [0.1, 0.15) is 25.6 Å². The number of anilines is 1. The fraction of sp³-hybridized carbons (Fsp3) is 0.208. The first-order valence-corrected chi connectivity index (χ1v) is 11.1. The molecule has 1 atom stereocenters. The second-order valence-electron chi connectivity index (χ2n) is 7.42. The molecule has 0 spiro atoms. The molecule has 3 aromatic rings. The van der Waals surface area contributed by atoms with Gasteiger partial charge < -0.3 is 19.5 Å². The topological polar surface area (TPSA) is 87.5 Å². The van der Waals surface area contributed by atoms with Gasteiger partial charge in [-0.2, -0.15) is 10.1 Å². The lowest BCUT2D eigenvalue weighted by Crippen LogP contribution is -2.29. The number of rotatable bonds is 8. The van der Waals surface area contributed by atoms with E-state index in [9.17, 15) is 4.79 Å². The maximum atomic E-state index is 12.9. The van der Waals surface area contributed by atoms with E-state index in [0.29, 0.717) is 38.8 Å². The van der Waals surface area contributed by atoms with E-state index in [0.717, 1.165) is 11.1 Å². The Balaban J connectivity index is 1.67. The van der Waals surface area contributed by atoms with Crippen LogP contribution in [-0.4, -0.2) is 34.5 Å². The number of esters is 1. The molecule has 1 N–H and O–H groups in total. The molecule has 176 valence electrons. The van der Waals surface area contributed by atoms with Crippen molar-refractivity contribution in [2.75, 3.05) is 19.0 Å². The minimum atomic E-state index is -0.579. The molecule has 34 heavy (non-hydrogen) atoms. The van der Waals surface area contributed by atoms with Gasteiger partial charge in [0.05, 0.1) is 12.7 Å². The molecule has 0 amide bonds. The quantitative estimate of drug-likeness (QED) is 0.336. The fourth-order valence-electron chi connectivity index (χ4n) is 3.64. The molecule has 4 rings (SSSR count). The van der Waals surface area contributed by atoms with Crippen molar-refractivity contribution in [1.82, 2.24) is 14.8 Å². The standard InChI is InChI=1S/C24H22Cl2N4O4/c1-4-9-33-23(31)21-14(2)29-24-27-13-28-30(24)22(21)15-6-8-19(20(10-15)32-3)34-12-16-5-7-17(25)11-18(16)26/h4-8,10-11,13,22H,1,9,12H2,2-3H3,(H,27,28,29). The molecular weight excluding hydrogens is 479 g/mol. The van der Waals surface area contributed by atoms with E-state index in [1.165, 1.54) is 12.4 Å². The van der Waals surface area contributed by atoms with Gasteiger partial charge in [0.25, 0.3) is 0 Å². The predicted octanol–water partition coefficient (Wildman–Crippen LogP) is 5.19. The number of carbonyl (C=O) groups excluding carboxylic acids is 1. The second kappa shape index (κ2) is 10.2. The van der Waals surface area contributed by atoms with Crippen molar-refractivity contribution in [3.63, 3.8) is 0 Å². The highest BCUT2D eigenvalue weighted by Crippen LogP contribution is 2.39. The van der Waals surface area contributed by atoms with Crippen LogP contribution < -0.4 is 14.8 Å². The van der Waals surface area contributed by atoms with Crippen LogP contribution in [0.25, 0.3) is 0 Å². The number of hydrogen-bond donors (Lipinski definition) is 1. The molecule has 8 nitrogen and oxygen atoms in total. The smallest absolute Gasteiger partial charge is 0.338 e. The number of benzene rings is 2. The zero-order valence-electron chi connectivity index (χ0n) is 18.5. The molecular formula is C24H22Cl2N4O4. The Morgan fingerprint density at radius 1 is 1.24 bits per heavy atom. The summed E-state index contributed by atoms with van der Waals surface area (Å²) in [6.07, 6.45) is 2.94. The fourth-order valence-corrected chi connectivity index (χ4v) is 4.11. The maximum absolute atomic E-state index is 12.9. The number of nitrogens with zero attached hydrogens (tertiary/aromatic N) is 3. The van der Waals surface area contributed by atoms with Crippen LogP contribution in [0.4, 0.5) is 5.95 Å². The number of allylic oxidation sites excluding steroid dienone is 1. The van der Waals surface area contributed by atoms with E-state index in [1.54, 1.807) is 43.0 Å². The van der Waals surface area contributed by atoms with Crippen LogP contribution in [0.5, 0.6) is 11.5 Å². The van der Waals surface area contributed by atoms with Crippen molar-refractivity contribution in [3.8, 4) is 11.5 Å². The zero-order valence-corrected chi connectivity index (χ0v) is 20.1. The second-order valence-corrected chi connectivity index (χ2v) is 8.26. The van der Waals surface area contributed by atoms with Gasteiger partial charge in [-0.05, 0) is 36.8 Å². The minimum absolute atomic E-state index is 0.0932. The Labute approximate surface area is 206 Å². The molecule has 0 saturated carbocycles. The first kappa shape index (κ1) is 23.7. The first-order chi connectivity index (χ1) is 16.4. The van der Waals surface area contributed by atoms with E-state index in [2.05, 4.69) is 22.0 Å². The Bertz CT molecular complexity index is 1270. The van der Waals surface area contributed by atoms with Crippen molar-refractivity contribution >= 4 is 35.1 Å². The van der Waals surface area contributed by atoms with Gasteiger partial charge >= 0.3 is 5.97 Å². The van der Waals surface area contributed by atoms with Crippen LogP contribution in [0.3, 0.4) is 0 Å². The molecule has 0 saturated heterocycles. The van der Waals surface area contributed by atoms with Crippen molar-refractivity contribution in [2.45, 2.75) is 19.6 Å². The average molecular weight is 501 g/mol. The van der Waals surface area contributed by atoms with E-state index in [1.807, 2.05) is 12.1 Å². The third-order valence-electron chi connectivity index (χ3n) is 5.25. The van der Waals surface area contributed by atoms with E-state index in [-0.39, 0.29) is 13.2 Å². The molecule has 1 aliphatic heterocycles. The van der Waals surface area contributed by atoms with Gasteiger partial charge in [-0.3, -0.25) is 0 Å². The summed E-state index contributed by atoms with van der Waals surface area (Å²) in [5.41, 5.74) is 2.56. The summed E-state index contributed by atoms with van der Waals surface area (Å²) >= 11 is 12.2. The number of aromatic nitrogens is 3. The number of fused-ring (bicyclic) bond motifs is 1. The van der Waals surface area contributed by atoms with Crippen LogP contribution in [0.15, 0.2) is 66.7 Å². The van der Waals surface area contributed by atoms with Crippen molar-refractivity contribution in [3.05, 3.63) is 87.8 Å². The number of methoxy groups -OCH3 is 1. The number of nitrogens with one attached hydrogen (secondary N) is 1. The highest BCUT2D eigenvalue weighted by atomic mass is 35.5. The van der Waals surface area contributed by atoms with Gasteiger partial charge in [0, 0.05) is 21.3 Å². The van der Waals surface area contributed by atoms with Crippen LogP contribution in [0.1, 0.15) is 24.1 Å². The Morgan fingerprint density at radius 2 is 2.06 bits per heavy atom. The zero-order chi connectivity index (χ0) is 24.2. The lowest BCUT2D eigenvalue weighted by Gasteiger charge is -2.28. The lowest BCUT2D eigenvalue weighted by atomic mass is 9.95. The molecule has 0 bridgehead atoms. The third kappa shape index (κ3) is 4.73. The van der Waals surface area contributed by atoms with Crippen LogP contribution in [-0.2, 0) is 16.1 Å². The van der Waals surface area contributed by atoms with Crippen LogP contribution in [0.2, 0.25) is 10.0 Å². The van der Waals surface area contributed by atoms with Gasteiger partial charge in [-0.15, -0.1) is 0 Å². The number of halogens is 2. The van der Waals surface area contributed by atoms with Crippen molar-refractivity contribution in [1.29, 1.82) is 0 Å². The minimum Gasteiger partial charge on any atom is -0.493 e. The van der Waals surface area contributed by atoms with Crippen LogP contribution in [0, 0.1) is 0 Å². The van der Waals surface area contributed by atoms with E-state index < -0.39 is 12.0 Å². The highest BCUT2D eigenvalue weighted by Gasteiger charge is 2.34.